The number of unbranched alkanes of at least 4 members (excludes halogenated alkanes) is 3. The lowest BCUT2D eigenvalue weighted by atomic mass is 10.0. The van der Waals surface area contributed by atoms with Crippen LogP contribution in [0.5, 0.6) is 0 Å². The topological polar surface area (TPSA) is 52.0 Å². The predicted octanol–water partition coefficient (Wildman–Crippen LogP) is 4.84. The Balaban J connectivity index is 2.24. The molecule has 0 amide bonds. The van der Waals surface area contributed by atoms with Gasteiger partial charge >= 0.3 is 0 Å². The lowest BCUT2D eigenvalue weighted by molar-refractivity contribution is 0.382. The fraction of sp³-hybridized carbons (Fsp3) is 0.400. The molecule has 0 unspecified atom stereocenters. The van der Waals surface area contributed by atoms with E-state index in [0.717, 1.165) is 19.3 Å². The van der Waals surface area contributed by atoms with Crippen LogP contribution in [0.4, 0.5) is 10.2 Å². The molecule has 0 saturated carbocycles. The molecule has 0 radical (unpaired) electrons. The largest absolute Gasteiger partial charge is 0.380 e. The summed E-state index contributed by atoms with van der Waals surface area (Å²) < 4.78 is 18.4. The number of nitrogens with two attached hydrogens (primary N) is 1. The van der Waals surface area contributed by atoms with Crippen LogP contribution < -0.4 is 5.73 Å². The van der Waals surface area contributed by atoms with Gasteiger partial charge in [0.15, 0.2) is 5.82 Å². The van der Waals surface area contributed by atoms with Gasteiger partial charge in [0.25, 0.3) is 0 Å². The third kappa shape index (κ3) is 3.31. The Morgan fingerprint density at radius 1 is 1.30 bits per heavy atom. The molecule has 1 aromatic heterocycles. The molecule has 0 fully saturated rings. The summed E-state index contributed by atoms with van der Waals surface area (Å²) in [6.07, 6.45) is 5.26. The first-order valence-electron chi connectivity index (χ1n) is 6.83. The zero-order valence-electron chi connectivity index (χ0n) is 11.5. The van der Waals surface area contributed by atoms with E-state index < -0.39 is 0 Å². The highest BCUT2D eigenvalue weighted by Gasteiger charge is 2.18. The summed E-state index contributed by atoms with van der Waals surface area (Å²) in [5.41, 5.74) is 7.20. The molecule has 1 aromatic carbocycles. The highest BCUT2D eigenvalue weighted by Crippen LogP contribution is 2.35. The van der Waals surface area contributed by atoms with Crippen molar-refractivity contribution in [2.24, 2.45) is 0 Å². The van der Waals surface area contributed by atoms with Gasteiger partial charge in [-0.15, -0.1) is 0 Å². The first-order valence-corrected chi connectivity index (χ1v) is 7.20. The SMILES string of the molecule is CCCCCCc1onc(N)c1-c1ccc(F)cc1Cl. The van der Waals surface area contributed by atoms with Crippen LogP contribution in [-0.4, -0.2) is 5.16 Å². The van der Waals surface area contributed by atoms with Crippen molar-refractivity contribution in [2.75, 3.05) is 5.73 Å². The van der Waals surface area contributed by atoms with Gasteiger partial charge in [-0.25, -0.2) is 4.39 Å². The fourth-order valence-corrected chi connectivity index (χ4v) is 2.46. The number of anilines is 1. The minimum atomic E-state index is -0.377. The highest BCUT2D eigenvalue weighted by atomic mass is 35.5. The molecule has 20 heavy (non-hydrogen) atoms. The van der Waals surface area contributed by atoms with Crippen LogP contribution in [0, 0.1) is 5.82 Å². The normalized spacial score (nSPS) is 10.9. The molecule has 0 spiro atoms. The maximum Gasteiger partial charge on any atom is 0.175 e. The molecule has 0 saturated heterocycles. The van der Waals surface area contributed by atoms with Crippen molar-refractivity contribution in [1.82, 2.24) is 5.16 Å². The summed E-state index contributed by atoms with van der Waals surface area (Å²) in [5.74, 6) is 0.634. The van der Waals surface area contributed by atoms with Crippen LogP contribution in [0.1, 0.15) is 38.4 Å². The maximum atomic E-state index is 13.1. The summed E-state index contributed by atoms with van der Waals surface area (Å²) in [6.45, 7) is 2.16. The smallest absolute Gasteiger partial charge is 0.175 e. The molecule has 2 rings (SSSR count). The van der Waals surface area contributed by atoms with Crippen molar-refractivity contribution in [3.8, 4) is 11.1 Å². The van der Waals surface area contributed by atoms with E-state index in [0.29, 0.717) is 27.7 Å². The van der Waals surface area contributed by atoms with Gasteiger partial charge in [0.05, 0.1) is 10.6 Å². The second kappa shape index (κ2) is 6.75. The summed E-state index contributed by atoms with van der Waals surface area (Å²) >= 11 is 6.08. The van der Waals surface area contributed by atoms with Crippen LogP contribution in [0.15, 0.2) is 22.7 Å². The minimum Gasteiger partial charge on any atom is -0.380 e. The number of hydrogen-bond acceptors (Lipinski definition) is 3. The first kappa shape index (κ1) is 14.9. The molecule has 1 heterocycles. The molecular formula is C15H18ClFN2O. The fourth-order valence-electron chi connectivity index (χ4n) is 2.20. The van der Waals surface area contributed by atoms with E-state index in [9.17, 15) is 4.39 Å². The Hall–Kier alpha value is -1.55. The summed E-state index contributed by atoms with van der Waals surface area (Å²) in [5, 5.41) is 4.12. The summed E-state index contributed by atoms with van der Waals surface area (Å²) in [4.78, 5) is 0. The Labute approximate surface area is 122 Å². The molecule has 0 bridgehead atoms. The van der Waals surface area contributed by atoms with Crippen molar-refractivity contribution < 1.29 is 8.91 Å². The first-order chi connectivity index (χ1) is 9.63. The van der Waals surface area contributed by atoms with Gasteiger partial charge in [0.1, 0.15) is 11.6 Å². The average molecular weight is 297 g/mol. The van der Waals surface area contributed by atoms with Crippen LogP contribution >= 0.6 is 11.6 Å². The van der Waals surface area contributed by atoms with Crippen molar-refractivity contribution in [3.05, 3.63) is 34.8 Å². The van der Waals surface area contributed by atoms with Gasteiger partial charge in [0, 0.05) is 12.0 Å². The van der Waals surface area contributed by atoms with E-state index in [1.807, 2.05) is 0 Å². The van der Waals surface area contributed by atoms with Gasteiger partial charge in [-0.05, 0) is 24.6 Å². The summed E-state index contributed by atoms with van der Waals surface area (Å²) in [6, 6.07) is 4.23. The molecule has 2 aromatic rings. The molecule has 0 aliphatic heterocycles. The number of hydrogen-bond donors (Lipinski definition) is 1. The third-order valence-electron chi connectivity index (χ3n) is 3.25. The predicted molar refractivity (Wildman–Crippen MR) is 79.2 cm³/mol. The Morgan fingerprint density at radius 2 is 2.10 bits per heavy atom. The quantitative estimate of drug-likeness (QED) is 0.776. The van der Waals surface area contributed by atoms with Crippen LogP contribution in [0.2, 0.25) is 5.02 Å². The lowest BCUT2D eigenvalue weighted by Gasteiger charge is -2.05. The van der Waals surface area contributed by atoms with Gasteiger partial charge in [-0.1, -0.05) is 42.9 Å². The second-order valence-electron chi connectivity index (χ2n) is 4.80. The van der Waals surface area contributed by atoms with E-state index in [-0.39, 0.29) is 5.82 Å². The number of rotatable bonds is 6. The van der Waals surface area contributed by atoms with Crippen molar-refractivity contribution >= 4 is 17.4 Å². The third-order valence-corrected chi connectivity index (χ3v) is 3.56. The molecule has 5 heteroatoms. The monoisotopic (exact) mass is 296 g/mol. The zero-order valence-corrected chi connectivity index (χ0v) is 12.2. The number of benzene rings is 1. The molecule has 108 valence electrons. The van der Waals surface area contributed by atoms with Crippen molar-refractivity contribution in [2.45, 2.75) is 39.0 Å². The minimum absolute atomic E-state index is 0.295. The number of halogens is 2. The molecule has 0 atom stereocenters. The van der Waals surface area contributed by atoms with Crippen LogP contribution in [0.3, 0.4) is 0 Å². The van der Waals surface area contributed by atoms with Gasteiger partial charge in [-0.3, -0.25) is 0 Å². The molecule has 0 aliphatic carbocycles. The van der Waals surface area contributed by atoms with E-state index in [4.69, 9.17) is 21.9 Å². The van der Waals surface area contributed by atoms with E-state index >= 15 is 0 Å². The van der Waals surface area contributed by atoms with Gasteiger partial charge in [0.2, 0.25) is 0 Å². The van der Waals surface area contributed by atoms with Crippen molar-refractivity contribution in [3.63, 3.8) is 0 Å². The lowest BCUT2D eigenvalue weighted by Crippen LogP contribution is -1.92. The Bertz CT molecular complexity index is 583. The number of nitrogens with zero attached hydrogens (tertiary/aromatic N) is 1. The van der Waals surface area contributed by atoms with E-state index in [2.05, 4.69) is 12.1 Å². The molecular weight excluding hydrogens is 279 g/mol. The maximum absolute atomic E-state index is 13.1. The van der Waals surface area contributed by atoms with Gasteiger partial charge < -0.3 is 10.3 Å². The highest BCUT2D eigenvalue weighted by molar-refractivity contribution is 6.33. The second-order valence-corrected chi connectivity index (χ2v) is 5.21. The van der Waals surface area contributed by atoms with Crippen LogP contribution in [0.25, 0.3) is 11.1 Å². The molecule has 2 N–H and O–H groups in total. The Morgan fingerprint density at radius 3 is 2.80 bits per heavy atom. The van der Waals surface area contributed by atoms with E-state index in [1.165, 1.54) is 25.0 Å². The van der Waals surface area contributed by atoms with Crippen LogP contribution in [-0.2, 0) is 6.42 Å². The van der Waals surface area contributed by atoms with E-state index in [1.54, 1.807) is 6.07 Å². The zero-order chi connectivity index (χ0) is 14.5. The number of aryl methyl sites for hydroxylation is 1. The number of nitrogen functional groups attached to an aromatic ring is 1. The van der Waals surface area contributed by atoms with Crippen molar-refractivity contribution in [1.29, 1.82) is 0 Å². The average Bonchev–Trinajstić information content (AvgIpc) is 2.76. The molecule has 0 aliphatic rings. The number of aromatic nitrogens is 1. The Kier molecular flexibility index (Phi) is 5.01. The standard InChI is InChI=1S/C15H18ClFN2O/c1-2-3-4-5-6-13-14(15(18)19-20-13)11-8-7-10(17)9-12(11)16/h7-9H,2-6H2,1H3,(H2,18,19). The van der Waals surface area contributed by atoms with Gasteiger partial charge in [-0.2, -0.15) is 0 Å². The molecule has 3 nitrogen and oxygen atoms in total. The summed E-state index contributed by atoms with van der Waals surface area (Å²) in [7, 11) is 0.